The van der Waals surface area contributed by atoms with Crippen LogP contribution in [0.25, 0.3) is 0 Å². The fraction of sp³-hybridized carbons (Fsp3) is 0.125. The van der Waals surface area contributed by atoms with Crippen molar-refractivity contribution in [2.24, 2.45) is 0 Å². The van der Waals surface area contributed by atoms with Crippen LogP contribution in [0.1, 0.15) is 15.9 Å². The van der Waals surface area contributed by atoms with Gasteiger partial charge in [-0.2, -0.15) is 0 Å². The van der Waals surface area contributed by atoms with Gasteiger partial charge in [-0.25, -0.2) is 0 Å². The van der Waals surface area contributed by atoms with E-state index in [1.54, 1.807) is 25.2 Å². The highest BCUT2D eigenvalue weighted by molar-refractivity contribution is 5.98. The van der Waals surface area contributed by atoms with E-state index in [0.717, 1.165) is 5.69 Å². The topological polar surface area (TPSA) is 58.2 Å². The molecule has 0 atom stereocenters. The highest BCUT2D eigenvalue weighted by Crippen LogP contribution is 2.11. The van der Waals surface area contributed by atoms with Gasteiger partial charge in [0.05, 0.1) is 6.42 Å². The third-order valence-corrected chi connectivity index (χ3v) is 2.90. The van der Waals surface area contributed by atoms with Crippen molar-refractivity contribution in [1.82, 2.24) is 5.32 Å². The molecule has 2 aromatic rings. The number of benzene rings is 2. The largest absolute Gasteiger partial charge is 0.355 e. The van der Waals surface area contributed by atoms with E-state index >= 15 is 0 Å². The second-order valence-electron chi connectivity index (χ2n) is 4.33. The molecule has 0 heterocycles. The van der Waals surface area contributed by atoms with Gasteiger partial charge in [-0.05, 0) is 23.8 Å². The van der Waals surface area contributed by atoms with Crippen LogP contribution in [0.15, 0.2) is 54.6 Å². The molecule has 0 saturated carbocycles. The Morgan fingerprint density at radius 1 is 0.950 bits per heavy atom. The smallest absolute Gasteiger partial charge is 0.251 e. The molecule has 0 aromatic heterocycles. The van der Waals surface area contributed by atoms with Crippen molar-refractivity contribution in [1.29, 1.82) is 0 Å². The second kappa shape index (κ2) is 6.52. The minimum absolute atomic E-state index is 0.146. The van der Waals surface area contributed by atoms with Crippen molar-refractivity contribution in [3.63, 3.8) is 0 Å². The van der Waals surface area contributed by atoms with Gasteiger partial charge in [0.15, 0.2) is 0 Å². The van der Waals surface area contributed by atoms with Crippen LogP contribution in [0.2, 0.25) is 0 Å². The first kappa shape index (κ1) is 13.8. The lowest BCUT2D eigenvalue weighted by Gasteiger charge is -2.09. The van der Waals surface area contributed by atoms with Gasteiger partial charge in [0.1, 0.15) is 0 Å². The lowest BCUT2D eigenvalue weighted by atomic mass is 10.0. The summed E-state index contributed by atoms with van der Waals surface area (Å²) in [5.74, 6) is -0.333. The van der Waals surface area contributed by atoms with Crippen LogP contribution in [0.5, 0.6) is 0 Å². The fourth-order valence-electron chi connectivity index (χ4n) is 1.93. The summed E-state index contributed by atoms with van der Waals surface area (Å²) in [7, 11) is 1.57. The summed E-state index contributed by atoms with van der Waals surface area (Å²) in [5.41, 5.74) is 1.98. The van der Waals surface area contributed by atoms with Gasteiger partial charge in [0, 0.05) is 18.3 Å². The number of hydrogen-bond donors (Lipinski definition) is 2. The Kier molecular flexibility index (Phi) is 4.50. The first-order valence-corrected chi connectivity index (χ1v) is 6.35. The van der Waals surface area contributed by atoms with Gasteiger partial charge >= 0.3 is 0 Å². The van der Waals surface area contributed by atoms with E-state index in [4.69, 9.17) is 0 Å². The molecule has 0 radical (unpaired) electrons. The van der Waals surface area contributed by atoms with Gasteiger partial charge in [-0.1, -0.05) is 36.4 Å². The number of anilines is 1. The number of carbonyl (C=O) groups is 2. The van der Waals surface area contributed by atoms with Gasteiger partial charge in [-0.15, -0.1) is 0 Å². The Morgan fingerprint density at radius 3 is 2.30 bits per heavy atom. The molecule has 2 aromatic carbocycles. The quantitative estimate of drug-likeness (QED) is 0.893. The van der Waals surface area contributed by atoms with Crippen molar-refractivity contribution < 1.29 is 9.59 Å². The fourth-order valence-corrected chi connectivity index (χ4v) is 1.93. The number of rotatable bonds is 4. The predicted molar refractivity (Wildman–Crippen MR) is 78.6 cm³/mol. The second-order valence-corrected chi connectivity index (χ2v) is 4.33. The molecule has 0 aliphatic heterocycles. The monoisotopic (exact) mass is 268 g/mol. The molecule has 0 unspecified atom stereocenters. The zero-order valence-electron chi connectivity index (χ0n) is 11.2. The first-order valence-electron chi connectivity index (χ1n) is 6.35. The lowest BCUT2D eigenvalue weighted by Crippen LogP contribution is -2.22. The molecular weight excluding hydrogens is 252 g/mol. The van der Waals surface area contributed by atoms with Crippen molar-refractivity contribution >= 4 is 17.5 Å². The van der Waals surface area contributed by atoms with Crippen molar-refractivity contribution in [3.05, 3.63) is 65.7 Å². The molecular formula is C16H16N2O2. The minimum Gasteiger partial charge on any atom is -0.355 e. The van der Waals surface area contributed by atoms with E-state index in [9.17, 15) is 9.59 Å². The Balaban J connectivity index is 2.10. The summed E-state index contributed by atoms with van der Waals surface area (Å²) in [5, 5.41) is 5.38. The number of carbonyl (C=O) groups excluding carboxylic acids is 2. The van der Waals surface area contributed by atoms with E-state index in [0.29, 0.717) is 11.1 Å². The van der Waals surface area contributed by atoms with Gasteiger partial charge < -0.3 is 10.6 Å². The van der Waals surface area contributed by atoms with Crippen LogP contribution in [0, 0.1) is 0 Å². The van der Waals surface area contributed by atoms with Crippen LogP contribution in [0.3, 0.4) is 0 Å². The Bertz CT molecular complexity index is 609. The molecule has 2 N–H and O–H groups in total. The van der Waals surface area contributed by atoms with Crippen LogP contribution < -0.4 is 10.6 Å². The molecule has 0 spiro atoms. The van der Waals surface area contributed by atoms with Crippen molar-refractivity contribution in [3.8, 4) is 0 Å². The zero-order chi connectivity index (χ0) is 14.4. The average Bonchev–Trinajstić information content (AvgIpc) is 2.48. The zero-order valence-corrected chi connectivity index (χ0v) is 11.2. The number of nitrogens with one attached hydrogen (secondary N) is 2. The summed E-state index contributed by atoms with van der Waals surface area (Å²) in [6.07, 6.45) is 0.165. The number of hydrogen-bond acceptors (Lipinski definition) is 2. The molecule has 4 heteroatoms. The Morgan fingerprint density at radius 2 is 1.60 bits per heavy atom. The maximum atomic E-state index is 12.0. The first-order chi connectivity index (χ1) is 9.70. The molecule has 4 nitrogen and oxygen atoms in total. The molecule has 0 aliphatic carbocycles. The molecule has 2 amide bonds. The molecule has 0 saturated heterocycles. The highest BCUT2D eigenvalue weighted by atomic mass is 16.2. The summed E-state index contributed by atoms with van der Waals surface area (Å²) < 4.78 is 0. The average molecular weight is 268 g/mol. The summed E-state index contributed by atoms with van der Waals surface area (Å²) in [4.78, 5) is 23.7. The van der Waals surface area contributed by atoms with Crippen LogP contribution >= 0.6 is 0 Å². The molecule has 0 aliphatic rings. The summed E-state index contributed by atoms with van der Waals surface area (Å²) >= 11 is 0. The van der Waals surface area contributed by atoms with E-state index in [2.05, 4.69) is 10.6 Å². The van der Waals surface area contributed by atoms with Crippen LogP contribution in [-0.2, 0) is 11.2 Å². The SMILES string of the molecule is CNC(=O)c1ccccc1CC(=O)Nc1ccccc1. The van der Waals surface area contributed by atoms with Crippen LogP contribution in [-0.4, -0.2) is 18.9 Å². The van der Waals surface area contributed by atoms with Gasteiger partial charge in [0.2, 0.25) is 5.91 Å². The molecule has 0 bridgehead atoms. The van der Waals surface area contributed by atoms with E-state index in [1.165, 1.54) is 0 Å². The van der Waals surface area contributed by atoms with Crippen molar-refractivity contribution in [2.75, 3.05) is 12.4 Å². The number of amides is 2. The third kappa shape index (κ3) is 3.45. The summed E-state index contributed by atoms with van der Waals surface area (Å²) in [6, 6.07) is 16.3. The van der Waals surface area contributed by atoms with E-state index in [1.807, 2.05) is 36.4 Å². The predicted octanol–water partition coefficient (Wildman–Crippen LogP) is 2.23. The standard InChI is InChI=1S/C16H16N2O2/c1-17-16(20)14-10-6-5-7-12(14)11-15(19)18-13-8-3-2-4-9-13/h2-10H,11H2,1H3,(H,17,20)(H,18,19). The molecule has 0 fully saturated rings. The minimum atomic E-state index is -0.187. The van der Waals surface area contributed by atoms with E-state index < -0.39 is 0 Å². The van der Waals surface area contributed by atoms with E-state index in [-0.39, 0.29) is 18.2 Å². The summed E-state index contributed by atoms with van der Waals surface area (Å²) in [6.45, 7) is 0. The van der Waals surface area contributed by atoms with Gasteiger partial charge in [-0.3, -0.25) is 9.59 Å². The molecule has 102 valence electrons. The van der Waals surface area contributed by atoms with Gasteiger partial charge in [0.25, 0.3) is 5.91 Å². The molecule has 20 heavy (non-hydrogen) atoms. The third-order valence-electron chi connectivity index (χ3n) is 2.90. The molecule has 2 rings (SSSR count). The lowest BCUT2D eigenvalue weighted by molar-refractivity contribution is -0.115. The normalized spacial score (nSPS) is 9.85. The maximum Gasteiger partial charge on any atom is 0.251 e. The van der Waals surface area contributed by atoms with Crippen molar-refractivity contribution in [2.45, 2.75) is 6.42 Å². The maximum absolute atomic E-state index is 12.0. The highest BCUT2D eigenvalue weighted by Gasteiger charge is 2.12. The Labute approximate surface area is 117 Å². The number of para-hydroxylation sites is 1. The Hall–Kier alpha value is -2.62. The van der Waals surface area contributed by atoms with Crippen LogP contribution in [0.4, 0.5) is 5.69 Å².